The first kappa shape index (κ1) is 36.4. The smallest absolute Gasteiger partial charge is 0.756 e. The predicted molar refractivity (Wildman–Crippen MR) is 40.7 cm³/mol. The summed E-state index contributed by atoms with van der Waals surface area (Å²) in [4.78, 5) is 45.8. The Kier molecular flexibility index (Phi) is 36.0. The van der Waals surface area contributed by atoms with Crippen LogP contribution >= 0.6 is 15.6 Å². The van der Waals surface area contributed by atoms with Gasteiger partial charge in [0.2, 0.25) is 0 Å². The maximum atomic E-state index is 8.77. The zero-order chi connectivity index (χ0) is 9.00. The maximum absolute atomic E-state index is 8.77. The first-order valence-corrected chi connectivity index (χ1v) is 4.59. The van der Waals surface area contributed by atoms with E-state index in [1.807, 2.05) is 0 Å². The Labute approximate surface area is 94.0 Å². The molecular weight excluding hydrogens is 262 g/mol. The van der Waals surface area contributed by atoms with Gasteiger partial charge in [-0.1, -0.05) is 0 Å². The minimum Gasteiger partial charge on any atom is -0.756 e. The average molecular weight is 272 g/mol. The maximum Gasteiger partial charge on any atom is 2.00 e. The normalized spacial score (nSPS) is 8.43. The van der Waals surface area contributed by atoms with Crippen LogP contribution in [0.15, 0.2) is 0 Å². The van der Waals surface area contributed by atoms with E-state index in [0.29, 0.717) is 0 Å². The first-order chi connectivity index (χ1) is 4.00. The Bertz CT molecular complexity index is 126. The Morgan fingerprint density at radius 2 is 0.714 bits per heavy atom. The second kappa shape index (κ2) is 13.9. The summed E-state index contributed by atoms with van der Waals surface area (Å²) >= 11 is 0. The van der Waals surface area contributed by atoms with Crippen molar-refractivity contribution >= 4 is 38.7 Å². The van der Waals surface area contributed by atoms with Crippen molar-refractivity contribution in [2.24, 2.45) is 0 Å². The Hall–Kier alpha value is 0.866. The van der Waals surface area contributed by atoms with Gasteiger partial charge in [0.15, 0.2) is 0 Å². The van der Waals surface area contributed by atoms with Crippen LogP contribution < -0.4 is 9.79 Å². The van der Waals surface area contributed by atoms with Gasteiger partial charge in [-0.05, 0) is 0 Å². The molecule has 88 valence electrons. The van der Waals surface area contributed by atoms with Crippen LogP contribution in [0.25, 0.3) is 0 Å². The molecule has 0 aliphatic carbocycles. The largest absolute Gasteiger partial charge is 2.00 e. The number of hydrogen-bond acceptors (Lipinski definition) is 4. The molecule has 0 unspecified atom stereocenters. The van der Waals surface area contributed by atoms with Crippen LogP contribution in [0, 0.1) is 0 Å². The van der Waals surface area contributed by atoms with Crippen LogP contribution in [0.3, 0.4) is 0 Å². The molecule has 0 aromatic rings. The third-order valence-corrected chi connectivity index (χ3v) is 0. The zero-order valence-electron chi connectivity index (χ0n) is 6.52. The van der Waals surface area contributed by atoms with Gasteiger partial charge < -0.3 is 45.8 Å². The summed E-state index contributed by atoms with van der Waals surface area (Å²) in [5.41, 5.74) is 0. The van der Waals surface area contributed by atoms with E-state index in [-0.39, 0.29) is 39.5 Å². The Morgan fingerprint density at radius 1 is 0.714 bits per heavy atom. The van der Waals surface area contributed by atoms with Crippen molar-refractivity contribution < 1.29 is 54.9 Å². The fraction of sp³-hybridized carbons (Fsp3) is 0. The number of hydrogen-bond donors (Lipinski definition) is 4. The molecule has 10 N–H and O–H groups in total. The summed E-state index contributed by atoms with van der Waals surface area (Å²) in [6.07, 6.45) is 0. The fourth-order valence-corrected chi connectivity index (χ4v) is 0. The van der Waals surface area contributed by atoms with Crippen molar-refractivity contribution in [3.8, 4) is 0 Å². The van der Waals surface area contributed by atoms with Crippen molar-refractivity contribution in [2.75, 3.05) is 0 Å². The molecule has 0 radical (unpaired) electrons. The minimum atomic E-state index is -4.89. The van der Waals surface area contributed by atoms with Crippen LogP contribution in [0.4, 0.5) is 0 Å². The molecule has 0 spiro atoms. The molecule has 0 bridgehead atoms. The fourth-order valence-electron chi connectivity index (χ4n) is 0. The monoisotopic (exact) mass is 272 g/mol. The van der Waals surface area contributed by atoms with Crippen molar-refractivity contribution in [2.45, 2.75) is 0 Å². The van der Waals surface area contributed by atoms with Gasteiger partial charge in [0, 0.05) is 0 Å². The standard InChI is InChI=1S/Mg.2H3O4P.3H2O/c;2*1-5(2,3)4;;;/h;2*(H3,1,2,3,4);3*1H2/q+2;;;;;/p-2. The van der Waals surface area contributed by atoms with Crippen molar-refractivity contribution in [3.63, 3.8) is 0 Å². The first-order valence-electron chi connectivity index (χ1n) is 1.53. The molecule has 14 heavy (non-hydrogen) atoms. The van der Waals surface area contributed by atoms with Gasteiger partial charge in [0.25, 0.3) is 15.6 Å². The zero-order valence-corrected chi connectivity index (χ0v) is 9.73. The summed E-state index contributed by atoms with van der Waals surface area (Å²) in [6, 6.07) is 0. The van der Waals surface area contributed by atoms with Crippen molar-refractivity contribution in [3.05, 3.63) is 0 Å². The second-order valence-corrected chi connectivity index (χ2v) is 2.94. The molecule has 0 aliphatic rings. The van der Waals surface area contributed by atoms with E-state index in [0.717, 1.165) is 0 Å². The molecule has 11 nitrogen and oxygen atoms in total. The summed E-state index contributed by atoms with van der Waals surface area (Å²) in [5, 5.41) is 0. The van der Waals surface area contributed by atoms with Crippen molar-refractivity contribution in [1.29, 1.82) is 0 Å². The van der Waals surface area contributed by atoms with E-state index < -0.39 is 15.6 Å². The molecule has 0 amide bonds. The summed E-state index contributed by atoms with van der Waals surface area (Å²) < 4.78 is 17.5. The minimum absolute atomic E-state index is 0. The van der Waals surface area contributed by atoms with Crippen LogP contribution in [0.1, 0.15) is 0 Å². The molecule has 0 saturated heterocycles. The van der Waals surface area contributed by atoms with Gasteiger partial charge in [0.1, 0.15) is 0 Å². The Morgan fingerprint density at radius 3 is 0.714 bits per heavy atom. The van der Waals surface area contributed by atoms with E-state index in [1.165, 1.54) is 0 Å². The van der Waals surface area contributed by atoms with Crippen molar-refractivity contribution in [1.82, 2.24) is 0 Å². The second-order valence-electron chi connectivity index (χ2n) is 0.981. The van der Waals surface area contributed by atoms with Gasteiger partial charge in [-0.15, -0.1) is 0 Å². The summed E-state index contributed by atoms with van der Waals surface area (Å²) in [6.45, 7) is 0. The average Bonchev–Trinajstić information content (AvgIpc) is 1.12. The molecule has 0 aliphatic heterocycles. The van der Waals surface area contributed by atoms with Gasteiger partial charge in [-0.25, -0.2) is 0 Å². The Balaban J connectivity index is -0.0000000178. The van der Waals surface area contributed by atoms with E-state index >= 15 is 0 Å². The topological polar surface area (TPSA) is 256 Å². The molecule has 0 aromatic heterocycles. The van der Waals surface area contributed by atoms with E-state index in [2.05, 4.69) is 0 Å². The van der Waals surface area contributed by atoms with E-state index in [1.54, 1.807) is 0 Å². The van der Waals surface area contributed by atoms with Crippen LogP contribution in [0.2, 0.25) is 0 Å². The van der Waals surface area contributed by atoms with E-state index in [9.17, 15) is 0 Å². The van der Waals surface area contributed by atoms with Crippen LogP contribution in [0.5, 0.6) is 0 Å². The number of phosphoric acid groups is 2. The van der Waals surface area contributed by atoms with Gasteiger partial charge in [-0.3, -0.25) is 9.13 Å². The quantitative estimate of drug-likeness (QED) is 0.243. The van der Waals surface area contributed by atoms with Gasteiger partial charge in [-0.2, -0.15) is 0 Å². The van der Waals surface area contributed by atoms with Crippen LogP contribution in [-0.2, 0) is 9.13 Å². The summed E-state index contributed by atoms with van der Waals surface area (Å²) in [7, 11) is -9.78. The van der Waals surface area contributed by atoms with Crippen LogP contribution in [-0.4, -0.2) is 59.1 Å². The third-order valence-electron chi connectivity index (χ3n) is 0. The predicted octanol–water partition coefficient (Wildman–Crippen LogP) is -5.98. The molecule has 0 aromatic carbocycles. The molecule has 0 atom stereocenters. The SMILES string of the molecule is O.O.O.O=P([O-])(O)O.O=P([O-])(O)O.[Mg+2]. The molecule has 14 heteroatoms. The van der Waals surface area contributed by atoms with E-state index in [4.69, 9.17) is 38.5 Å². The molecule has 0 rings (SSSR count). The van der Waals surface area contributed by atoms with Gasteiger partial charge >= 0.3 is 23.1 Å². The molecule has 0 heterocycles. The third kappa shape index (κ3) is 2410. The number of rotatable bonds is 0. The summed E-state index contributed by atoms with van der Waals surface area (Å²) in [5.74, 6) is 0. The molecular formula is H10MgO11P2. The molecule has 0 fully saturated rings. The van der Waals surface area contributed by atoms with Gasteiger partial charge in [0.05, 0.1) is 0 Å². The molecule has 0 saturated carbocycles.